The fourth-order valence-electron chi connectivity index (χ4n) is 3.29. The second kappa shape index (κ2) is 7.27. The SMILES string of the molecule is C#CCOc1ccc2c(c1)c(C(C)=O)c(C)n2CCc1ccccc1. The van der Waals surface area contributed by atoms with Gasteiger partial charge in [0.25, 0.3) is 0 Å². The van der Waals surface area contributed by atoms with E-state index in [1.807, 2.05) is 43.3 Å². The zero-order valence-corrected chi connectivity index (χ0v) is 14.6. The monoisotopic (exact) mass is 331 g/mol. The number of Topliss-reactive ketones (excluding diaryl/α,β-unsaturated/α-hetero) is 1. The first-order valence-electron chi connectivity index (χ1n) is 8.35. The molecule has 0 bridgehead atoms. The second-order valence-corrected chi connectivity index (χ2v) is 6.08. The molecule has 3 nitrogen and oxygen atoms in total. The van der Waals surface area contributed by atoms with E-state index in [0.717, 1.165) is 35.1 Å². The van der Waals surface area contributed by atoms with Crippen LogP contribution < -0.4 is 4.74 Å². The zero-order chi connectivity index (χ0) is 17.8. The van der Waals surface area contributed by atoms with Gasteiger partial charge in [0.2, 0.25) is 0 Å². The van der Waals surface area contributed by atoms with Gasteiger partial charge in [0.15, 0.2) is 5.78 Å². The molecule has 0 N–H and O–H groups in total. The van der Waals surface area contributed by atoms with E-state index in [0.29, 0.717) is 5.75 Å². The standard InChI is InChI=1S/C22H21NO2/c1-4-14-25-19-10-11-21-20(15-19)22(17(3)24)16(2)23(21)13-12-18-8-6-5-7-9-18/h1,5-11,15H,12-14H2,2-3H3. The van der Waals surface area contributed by atoms with E-state index in [-0.39, 0.29) is 12.4 Å². The van der Waals surface area contributed by atoms with Crippen molar-refractivity contribution < 1.29 is 9.53 Å². The molecule has 126 valence electrons. The Morgan fingerprint density at radius 2 is 1.96 bits per heavy atom. The zero-order valence-electron chi connectivity index (χ0n) is 14.6. The summed E-state index contributed by atoms with van der Waals surface area (Å²) in [5.74, 6) is 3.22. The Balaban J connectivity index is 2.01. The molecule has 1 aromatic heterocycles. The third kappa shape index (κ3) is 3.44. The van der Waals surface area contributed by atoms with E-state index in [4.69, 9.17) is 11.2 Å². The second-order valence-electron chi connectivity index (χ2n) is 6.08. The normalized spacial score (nSPS) is 10.6. The van der Waals surface area contributed by atoms with Crippen LogP contribution in [0.15, 0.2) is 48.5 Å². The van der Waals surface area contributed by atoms with E-state index >= 15 is 0 Å². The fraction of sp³-hybridized carbons (Fsp3) is 0.227. The summed E-state index contributed by atoms with van der Waals surface area (Å²) in [4.78, 5) is 12.2. The topological polar surface area (TPSA) is 31.2 Å². The maximum atomic E-state index is 12.2. The minimum Gasteiger partial charge on any atom is -0.481 e. The number of carbonyl (C=O) groups excluding carboxylic acids is 1. The quantitative estimate of drug-likeness (QED) is 0.495. The van der Waals surface area contributed by atoms with Gasteiger partial charge in [0, 0.05) is 28.7 Å². The molecule has 0 unspecified atom stereocenters. The predicted molar refractivity (Wildman–Crippen MR) is 101 cm³/mol. The summed E-state index contributed by atoms with van der Waals surface area (Å²) in [7, 11) is 0. The van der Waals surface area contributed by atoms with Gasteiger partial charge in [0.05, 0.1) is 0 Å². The molecule has 0 fully saturated rings. The lowest BCUT2D eigenvalue weighted by molar-refractivity contribution is 0.101. The van der Waals surface area contributed by atoms with E-state index in [2.05, 4.69) is 22.6 Å². The van der Waals surface area contributed by atoms with Crippen LogP contribution in [0.5, 0.6) is 5.75 Å². The van der Waals surface area contributed by atoms with Crippen molar-refractivity contribution in [3.8, 4) is 18.1 Å². The molecule has 0 radical (unpaired) electrons. The van der Waals surface area contributed by atoms with E-state index in [9.17, 15) is 4.79 Å². The smallest absolute Gasteiger partial charge is 0.162 e. The fourth-order valence-corrected chi connectivity index (χ4v) is 3.29. The van der Waals surface area contributed by atoms with Gasteiger partial charge in [-0.05, 0) is 44.0 Å². The summed E-state index contributed by atoms with van der Waals surface area (Å²) in [6, 6.07) is 16.2. The van der Waals surface area contributed by atoms with E-state index in [1.54, 1.807) is 6.92 Å². The number of ketones is 1. The van der Waals surface area contributed by atoms with Crippen molar-refractivity contribution >= 4 is 16.7 Å². The summed E-state index contributed by atoms with van der Waals surface area (Å²) < 4.78 is 7.73. The molecule has 0 aliphatic carbocycles. The predicted octanol–water partition coefficient (Wildman–Crippen LogP) is 4.41. The number of terminal acetylenes is 1. The third-order valence-corrected chi connectivity index (χ3v) is 4.44. The maximum Gasteiger partial charge on any atom is 0.162 e. The largest absolute Gasteiger partial charge is 0.481 e. The molecule has 1 heterocycles. The van der Waals surface area contributed by atoms with Gasteiger partial charge in [-0.2, -0.15) is 0 Å². The Hall–Kier alpha value is -2.99. The van der Waals surface area contributed by atoms with Crippen molar-refractivity contribution in [1.82, 2.24) is 4.57 Å². The lowest BCUT2D eigenvalue weighted by Crippen LogP contribution is -2.04. The number of rotatable bonds is 6. The highest BCUT2D eigenvalue weighted by atomic mass is 16.5. The van der Waals surface area contributed by atoms with Crippen LogP contribution in [0.4, 0.5) is 0 Å². The number of aromatic nitrogens is 1. The Kier molecular flexibility index (Phi) is 4.90. The number of hydrogen-bond donors (Lipinski definition) is 0. The van der Waals surface area contributed by atoms with Crippen molar-refractivity contribution in [3.05, 3.63) is 65.4 Å². The van der Waals surface area contributed by atoms with Crippen molar-refractivity contribution in [1.29, 1.82) is 0 Å². The average Bonchev–Trinajstić information content (AvgIpc) is 2.89. The van der Waals surface area contributed by atoms with Crippen molar-refractivity contribution in [3.63, 3.8) is 0 Å². The van der Waals surface area contributed by atoms with Gasteiger partial charge in [-0.1, -0.05) is 36.3 Å². The van der Waals surface area contributed by atoms with Crippen LogP contribution in [0.3, 0.4) is 0 Å². The number of aryl methyl sites for hydroxylation is 2. The number of benzene rings is 2. The Labute approximate surface area is 148 Å². The van der Waals surface area contributed by atoms with Crippen LogP contribution in [0.2, 0.25) is 0 Å². The van der Waals surface area contributed by atoms with E-state index in [1.165, 1.54) is 5.56 Å². The van der Waals surface area contributed by atoms with Gasteiger partial charge in [-0.25, -0.2) is 0 Å². The molecule has 0 aliphatic rings. The number of nitrogens with zero attached hydrogens (tertiary/aromatic N) is 1. The molecule has 25 heavy (non-hydrogen) atoms. The van der Waals surface area contributed by atoms with E-state index < -0.39 is 0 Å². The van der Waals surface area contributed by atoms with Crippen molar-refractivity contribution in [2.75, 3.05) is 6.61 Å². The van der Waals surface area contributed by atoms with Gasteiger partial charge >= 0.3 is 0 Å². The molecule has 3 aromatic rings. The van der Waals surface area contributed by atoms with Crippen LogP contribution in [0.1, 0.15) is 28.5 Å². The van der Waals surface area contributed by atoms with Crippen LogP contribution in [-0.2, 0) is 13.0 Å². The molecular weight excluding hydrogens is 310 g/mol. The van der Waals surface area contributed by atoms with Gasteiger partial charge in [0.1, 0.15) is 12.4 Å². The molecule has 0 atom stereocenters. The van der Waals surface area contributed by atoms with Gasteiger partial charge in [-0.3, -0.25) is 4.79 Å². The summed E-state index contributed by atoms with van der Waals surface area (Å²) >= 11 is 0. The highest BCUT2D eigenvalue weighted by Crippen LogP contribution is 2.30. The number of fused-ring (bicyclic) bond motifs is 1. The molecule has 0 saturated heterocycles. The minimum absolute atomic E-state index is 0.0649. The molecule has 0 saturated carbocycles. The van der Waals surface area contributed by atoms with Crippen LogP contribution in [-0.4, -0.2) is 17.0 Å². The molecule has 0 spiro atoms. The Morgan fingerprint density at radius 1 is 1.20 bits per heavy atom. The first kappa shape index (κ1) is 16.9. The van der Waals surface area contributed by atoms with Gasteiger partial charge in [-0.15, -0.1) is 6.42 Å². The van der Waals surface area contributed by atoms with Crippen LogP contribution in [0, 0.1) is 19.3 Å². The summed E-state index contributed by atoms with van der Waals surface area (Å²) in [6.45, 7) is 4.65. The summed E-state index contributed by atoms with van der Waals surface area (Å²) in [6.07, 6.45) is 6.17. The lowest BCUT2D eigenvalue weighted by atomic mass is 10.1. The minimum atomic E-state index is 0.0649. The Bertz CT molecular complexity index is 946. The van der Waals surface area contributed by atoms with Crippen LogP contribution >= 0.6 is 0 Å². The molecular formula is C22H21NO2. The molecule has 2 aromatic carbocycles. The molecule has 3 heteroatoms. The Morgan fingerprint density at radius 3 is 2.64 bits per heavy atom. The summed E-state index contributed by atoms with van der Waals surface area (Å²) in [5, 5.41) is 0.924. The number of hydrogen-bond acceptors (Lipinski definition) is 2. The molecule has 0 amide bonds. The number of ether oxygens (including phenoxy) is 1. The lowest BCUT2D eigenvalue weighted by Gasteiger charge is -2.09. The van der Waals surface area contributed by atoms with Crippen molar-refractivity contribution in [2.45, 2.75) is 26.8 Å². The third-order valence-electron chi connectivity index (χ3n) is 4.44. The summed E-state index contributed by atoms with van der Waals surface area (Å²) in [5.41, 5.74) is 4.08. The van der Waals surface area contributed by atoms with Crippen molar-refractivity contribution in [2.24, 2.45) is 0 Å². The first-order chi connectivity index (χ1) is 12.1. The highest BCUT2D eigenvalue weighted by molar-refractivity contribution is 6.08. The van der Waals surface area contributed by atoms with Crippen LogP contribution in [0.25, 0.3) is 10.9 Å². The molecule has 3 rings (SSSR count). The maximum absolute atomic E-state index is 12.2. The molecule has 0 aliphatic heterocycles. The van der Waals surface area contributed by atoms with Gasteiger partial charge < -0.3 is 9.30 Å². The number of carbonyl (C=O) groups is 1. The average molecular weight is 331 g/mol. The highest BCUT2D eigenvalue weighted by Gasteiger charge is 2.17. The first-order valence-corrected chi connectivity index (χ1v) is 8.35.